The Kier molecular flexibility index (Phi) is 10.4. The van der Waals surface area contributed by atoms with Gasteiger partial charge in [0.2, 0.25) is 0 Å². The summed E-state index contributed by atoms with van der Waals surface area (Å²) in [5.74, 6) is 1.07. The van der Waals surface area contributed by atoms with E-state index in [0.29, 0.717) is 11.5 Å². The van der Waals surface area contributed by atoms with Crippen molar-refractivity contribution in [3.05, 3.63) is 22.2 Å². The van der Waals surface area contributed by atoms with E-state index in [-0.39, 0.29) is 10.6 Å². The molecule has 0 saturated heterocycles. The third-order valence-electron chi connectivity index (χ3n) is 5.30. The molecule has 0 spiro atoms. The monoisotopic (exact) mass is 473 g/mol. The summed E-state index contributed by atoms with van der Waals surface area (Å²) in [5, 5.41) is 11.9. The third-order valence-corrected chi connectivity index (χ3v) is 20.9. The Morgan fingerprint density at radius 1 is 0.885 bits per heavy atom. The van der Waals surface area contributed by atoms with Crippen LogP contribution < -0.4 is 13.1 Å². The molecule has 0 atom stereocenters. The van der Waals surface area contributed by atoms with Gasteiger partial charge in [-0.25, -0.2) is 0 Å². The van der Waals surface area contributed by atoms with Gasteiger partial charge in [-0.2, -0.15) is 0 Å². The Labute approximate surface area is 162 Å². The van der Waals surface area contributed by atoms with Crippen molar-refractivity contribution in [2.24, 2.45) is 0 Å². The first-order valence-corrected chi connectivity index (χ1v) is 17.4. The number of nitro benzene ring substituents is 1. The van der Waals surface area contributed by atoms with E-state index < -0.39 is 18.4 Å². The molecule has 148 valence electrons. The minimum atomic E-state index is -2.94. The van der Waals surface area contributed by atoms with E-state index in [9.17, 15) is 10.1 Å². The Balaban J connectivity index is 3.60. The average Bonchev–Trinajstić information content (AvgIpc) is 2.66. The summed E-state index contributed by atoms with van der Waals surface area (Å²) in [5.41, 5.74) is 0.252. The Bertz CT molecular complexity index is 555. The van der Waals surface area contributed by atoms with Gasteiger partial charge in [0.1, 0.15) is 0 Å². The van der Waals surface area contributed by atoms with Crippen molar-refractivity contribution >= 4 is 27.6 Å². The molecule has 0 N–H and O–H groups in total. The van der Waals surface area contributed by atoms with Crippen molar-refractivity contribution in [2.45, 2.75) is 72.6 Å². The summed E-state index contributed by atoms with van der Waals surface area (Å²) < 4.78 is 15.4. The molecule has 1 aromatic carbocycles. The number of rotatable bonds is 13. The molecule has 0 aliphatic heterocycles. The second kappa shape index (κ2) is 11.7. The van der Waals surface area contributed by atoms with E-state index in [1.165, 1.54) is 20.4 Å². The van der Waals surface area contributed by atoms with Crippen LogP contribution >= 0.6 is 0 Å². The van der Waals surface area contributed by atoms with Gasteiger partial charge in [-0.3, -0.25) is 0 Å². The van der Waals surface area contributed by atoms with E-state index in [1.807, 2.05) is 6.07 Å². The number of hydrogen-bond acceptors (Lipinski definition) is 4. The quantitative estimate of drug-likeness (QED) is 0.211. The maximum absolute atomic E-state index is 11.9. The number of nitrogens with zero attached hydrogens (tertiary/aromatic N) is 1. The van der Waals surface area contributed by atoms with Crippen LogP contribution in [0.25, 0.3) is 0 Å². The van der Waals surface area contributed by atoms with E-state index in [4.69, 9.17) is 9.47 Å². The van der Waals surface area contributed by atoms with Crippen molar-refractivity contribution in [1.29, 1.82) is 0 Å². The first-order valence-electron chi connectivity index (χ1n) is 9.90. The van der Waals surface area contributed by atoms with Crippen LogP contribution in [0.1, 0.15) is 59.3 Å². The normalized spacial score (nSPS) is 11.4. The Morgan fingerprint density at radius 2 is 1.31 bits per heavy atom. The summed E-state index contributed by atoms with van der Waals surface area (Å²) in [6.45, 7) is 6.62. The maximum atomic E-state index is 11.9. The molecule has 0 heterocycles. The molecule has 1 rings (SSSR count). The average molecular weight is 472 g/mol. The number of methoxy groups -OCH3 is 2. The number of hydrogen-bond donors (Lipinski definition) is 0. The zero-order chi connectivity index (χ0) is 19.6. The van der Waals surface area contributed by atoms with Crippen LogP contribution in [0.3, 0.4) is 0 Å². The fourth-order valence-electron chi connectivity index (χ4n) is 3.77. The molecule has 0 saturated carbocycles. The van der Waals surface area contributed by atoms with Gasteiger partial charge in [0, 0.05) is 0 Å². The van der Waals surface area contributed by atoms with Crippen LogP contribution in [0, 0.1) is 10.1 Å². The van der Waals surface area contributed by atoms with Crippen molar-refractivity contribution < 1.29 is 14.4 Å². The minimum absolute atomic E-state index is 0.215. The molecule has 6 heteroatoms. The molecular formula is C20H35NO4Sn. The summed E-state index contributed by atoms with van der Waals surface area (Å²) in [6, 6.07) is 3.54. The van der Waals surface area contributed by atoms with Crippen LogP contribution in [0.2, 0.25) is 13.3 Å². The molecule has 26 heavy (non-hydrogen) atoms. The van der Waals surface area contributed by atoms with Crippen molar-refractivity contribution in [3.63, 3.8) is 0 Å². The van der Waals surface area contributed by atoms with E-state index in [1.54, 1.807) is 13.2 Å². The first kappa shape index (κ1) is 23.1. The number of unbranched alkanes of at least 4 members (excludes halogenated alkanes) is 3. The van der Waals surface area contributed by atoms with Gasteiger partial charge < -0.3 is 0 Å². The zero-order valence-corrected chi connectivity index (χ0v) is 20.0. The van der Waals surface area contributed by atoms with E-state index in [2.05, 4.69) is 20.8 Å². The SMILES string of the molecule is CCC[CH2][Sn]([CH2]CCC)([CH2]CCC)[c]1cc(OC)c(OC)cc1[N+](=O)[O-]. The van der Waals surface area contributed by atoms with E-state index in [0.717, 1.165) is 42.1 Å². The van der Waals surface area contributed by atoms with Crippen molar-refractivity contribution in [1.82, 2.24) is 0 Å². The fourth-order valence-corrected chi connectivity index (χ4v) is 20.3. The third kappa shape index (κ3) is 5.76. The second-order valence-corrected chi connectivity index (χ2v) is 20.2. The van der Waals surface area contributed by atoms with Crippen molar-refractivity contribution in [2.75, 3.05) is 14.2 Å². The Morgan fingerprint density at radius 3 is 1.65 bits per heavy atom. The van der Waals surface area contributed by atoms with Crippen LogP contribution in [-0.2, 0) is 0 Å². The van der Waals surface area contributed by atoms with Crippen LogP contribution in [-0.4, -0.2) is 37.5 Å². The van der Waals surface area contributed by atoms with Crippen LogP contribution in [0.5, 0.6) is 11.5 Å². The number of nitro groups is 1. The molecule has 0 amide bonds. The van der Waals surface area contributed by atoms with Gasteiger partial charge >= 0.3 is 163 Å². The van der Waals surface area contributed by atoms with Gasteiger partial charge in [0.05, 0.1) is 0 Å². The van der Waals surface area contributed by atoms with Crippen molar-refractivity contribution in [3.8, 4) is 11.5 Å². The standard InChI is InChI=1S/C8H8NO4.3C4H9.Sn/c1-12-7-4-3-6(9(10)11)5-8(7)13-2;3*1-3-4-2;/h4-5H,1-2H3;3*1,3-4H2,2H3;. The zero-order valence-electron chi connectivity index (χ0n) is 17.1. The Hall–Kier alpha value is -0.981. The van der Waals surface area contributed by atoms with Gasteiger partial charge in [-0.15, -0.1) is 0 Å². The number of ether oxygens (including phenoxy) is 2. The predicted octanol–water partition coefficient (Wildman–Crippen LogP) is 5.67. The molecule has 0 radical (unpaired) electrons. The molecule has 0 aromatic heterocycles. The van der Waals surface area contributed by atoms with Crippen LogP contribution in [0.15, 0.2) is 12.1 Å². The van der Waals surface area contributed by atoms with Gasteiger partial charge in [-0.05, 0) is 0 Å². The summed E-state index contributed by atoms with van der Waals surface area (Å²) >= 11 is -2.94. The first-order chi connectivity index (χ1) is 12.5. The van der Waals surface area contributed by atoms with Gasteiger partial charge in [0.15, 0.2) is 0 Å². The summed E-state index contributed by atoms with van der Waals surface area (Å²) in [4.78, 5) is 11.7. The number of benzene rings is 1. The molecule has 0 fully saturated rings. The molecule has 5 nitrogen and oxygen atoms in total. The molecule has 1 aromatic rings. The molecule has 0 aliphatic rings. The van der Waals surface area contributed by atoms with E-state index >= 15 is 0 Å². The molecule has 0 unspecified atom stereocenters. The molecule has 0 bridgehead atoms. The summed E-state index contributed by atoms with van der Waals surface area (Å²) in [7, 11) is 3.14. The van der Waals surface area contributed by atoms with Gasteiger partial charge in [-0.1, -0.05) is 0 Å². The van der Waals surface area contributed by atoms with Crippen LogP contribution in [0.4, 0.5) is 5.69 Å². The topological polar surface area (TPSA) is 61.6 Å². The van der Waals surface area contributed by atoms with Gasteiger partial charge in [0.25, 0.3) is 0 Å². The molecular weight excluding hydrogens is 437 g/mol. The second-order valence-electron chi connectivity index (χ2n) is 7.07. The molecule has 0 aliphatic carbocycles. The fraction of sp³-hybridized carbons (Fsp3) is 0.700. The predicted molar refractivity (Wildman–Crippen MR) is 111 cm³/mol. The summed E-state index contributed by atoms with van der Waals surface area (Å²) in [6.07, 6.45) is 6.90.